The number of alkyl halides is 4. The molecule has 0 saturated heterocycles. The number of halogens is 4. The smallest absolute Gasteiger partial charge is 0.240 e. The third-order valence-corrected chi connectivity index (χ3v) is 1.05. The number of hydrogen-bond acceptors (Lipinski definition) is 0. The molecule has 70 valence electrons. The summed E-state index contributed by atoms with van der Waals surface area (Å²) in [6, 6.07) is 0. The van der Waals surface area contributed by atoms with Crippen LogP contribution in [0.1, 0.15) is 13.8 Å². The fraction of sp³-hybridized carbons (Fsp3) is 0.500. The van der Waals surface area contributed by atoms with E-state index in [2.05, 4.69) is 6.58 Å². The molecular formula is C8H10F4. The molecule has 0 N–H and O–H groups in total. The van der Waals surface area contributed by atoms with Crippen LogP contribution < -0.4 is 0 Å². The van der Waals surface area contributed by atoms with E-state index in [-0.39, 0.29) is 0 Å². The molecule has 0 atom stereocenters. The number of allylic oxidation sites excluding steroid dienone is 3. The minimum Gasteiger partial charge on any atom is -0.240 e. The first-order valence-electron chi connectivity index (χ1n) is 3.28. The molecule has 4 heteroatoms. The first kappa shape index (κ1) is 11.2. The van der Waals surface area contributed by atoms with Gasteiger partial charge in [0.2, 0.25) is 0 Å². The van der Waals surface area contributed by atoms with Gasteiger partial charge in [0.15, 0.2) is 0 Å². The van der Waals surface area contributed by atoms with Crippen LogP contribution in [0.5, 0.6) is 0 Å². The Kier molecular flexibility index (Phi) is 3.07. The fourth-order valence-electron chi connectivity index (χ4n) is 0.626. The van der Waals surface area contributed by atoms with E-state index < -0.39 is 17.4 Å². The van der Waals surface area contributed by atoms with Gasteiger partial charge in [0, 0.05) is 0 Å². The van der Waals surface area contributed by atoms with Crippen LogP contribution in [0.25, 0.3) is 0 Å². The second kappa shape index (κ2) is 3.29. The Labute approximate surface area is 68.6 Å². The topological polar surface area (TPSA) is 0 Å². The Balaban J connectivity index is 4.81. The summed E-state index contributed by atoms with van der Waals surface area (Å²) >= 11 is 0. The van der Waals surface area contributed by atoms with Gasteiger partial charge in [0.05, 0.1) is 5.57 Å². The first-order chi connectivity index (χ1) is 5.17. The fourth-order valence-corrected chi connectivity index (χ4v) is 0.626. The summed E-state index contributed by atoms with van der Waals surface area (Å²) < 4.78 is 48.6. The van der Waals surface area contributed by atoms with Crippen LogP contribution in [0.3, 0.4) is 0 Å². The van der Waals surface area contributed by atoms with E-state index in [9.17, 15) is 17.6 Å². The maximum atomic E-state index is 12.7. The molecule has 0 saturated carbocycles. The van der Waals surface area contributed by atoms with Crippen molar-refractivity contribution in [2.45, 2.75) is 25.7 Å². The molecule has 0 rings (SSSR count). The van der Waals surface area contributed by atoms with Crippen molar-refractivity contribution in [2.24, 2.45) is 0 Å². The summed E-state index contributed by atoms with van der Waals surface area (Å²) in [5, 5.41) is 0. The van der Waals surface area contributed by atoms with Gasteiger partial charge < -0.3 is 0 Å². The average molecular weight is 182 g/mol. The molecule has 0 bridgehead atoms. The zero-order valence-electron chi connectivity index (χ0n) is 6.87. The summed E-state index contributed by atoms with van der Waals surface area (Å²) in [5.74, 6) is 0. The van der Waals surface area contributed by atoms with Gasteiger partial charge in [-0.05, 0) is 19.9 Å². The van der Waals surface area contributed by atoms with E-state index in [0.717, 1.165) is 13.8 Å². The maximum absolute atomic E-state index is 12.7. The van der Waals surface area contributed by atoms with Crippen molar-refractivity contribution in [3.63, 3.8) is 0 Å². The summed E-state index contributed by atoms with van der Waals surface area (Å²) in [4.78, 5) is 0. The Bertz CT molecular complexity index is 192. The van der Waals surface area contributed by atoms with Gasteiger partial charge >= 0.3 is 6.18 Å². The third-order valence-electron chi connectivity index (χ3n) is 1.05. The predicted octanol–water partition coefficient (Wildman–Crippen LogP) is 3.41. The van der Waals surface area contributed by atoms with Gasteiger partial charge in [0.1, 0.15) is 5.67 Å². The average Bonchev–Trinajstić information content (AvgIpc) is 1.78. The quantitative estimate of drug-likeness (QED) is 0.453. The SMILES string of the molecule is C=C/C(=C\C(C)(C)F)C(F)(F)F. The predicted molar refractivity (Wildman–Crippen MR) is 39.5 cm³/mol. The van der Waals surface area contributed by atoms with Crippen molar-refractivity contribution in [1.29, 1.82) is 0 Å². The molecule has 0 aromatic heterocycles. The van der Waals surface area contributed by atoms with Crippen molar-refractivity contribution in [3.8, 4) is 0 Å². The van der Waals surface area contributed by atoms with Crippen LogP contribution in [0, 0.1) is 0 Å². The van der Waals surface area contributed by atoms with E-state index in [1.54, 1.807) is 0 Å². The van der Waals surface area contributed by atoms with Gasteiger partial charge in [-0.1, -0.05) is 12.7 Å². The zero-order chi connectivity index (χ0) is 9.99. The van der Waals surface area contributed by atoms with Crippen molar-refractivity contribution in [3.05, 3.63) is 24.3 Å². The largest absolute Gasteiger partial charge is 0.416 e. The molecule has 0 heterocycles. The summed E-state index contributed by atoms with van der Waals surface area (Å²) in [6.45, 7) is 5.04. The first-order valence-corrected chi connectivity index (χ1v) is 3.28. The molecule has 0 nitrogen and oxygen atoms in total. The summed E-state index contributed by atoms with van der Waals surface area (Å²) in [7, 11) is 0. The van der Waals surface area contributed by atoms with Gasteiger partial charge in [0.25, 0.3) is 0 Å². The van der Waals surface area contributed by atoms with Crippen LogP contribution in [-0.4, -0.2) is 11.8 Å². The van der Waals surface area contributed by atoms with E-state index in [1.807, 2.05) is 0 Å². The standard InChI is InChI=1S/C8H10F4/c1-4-6(8(10,11)12)5-7(2,3)9/h4-5H,1H2,2-3H3/b6-5+. The highest BCUT2D eigenvalue weighted by Crippen LogP contribution is 2.28. The molecule has 0 fully saturated rings. The molecule has 12 heavy (non-hydrogen) atoms. The highest BCUT2D eigenvalue weighted by atomic mass is 19.4. The molecular weight excluding hydrogens is 172 g/mol. The molecule has 0 aliphatic rings. The third kappa shape index (κ3) is 4.16. The minimum absolute atomic E-state index is 0.500. The monoisotopic (exact) mass is 182 g/mol. The number of hydrogen-bond donors (Lipinski definition) is 0. The van der Waals surface area contributed by atoms with Crippen molar-refractivity contribution >= 4 is 0 Å². The maximum Gasteiger partial charge on any atom is 0.416 e. The van der Waals surface area contributed by atoms with E-state index in [4.69, 9.17) is 0 Å². The molecule has 0 amide bonds. The lowest BCUT2D eigenvalue weighted by Gasteiger charge is -2.12. The normalized spacial score (nSPS) is 14.7. The van der Waals surface area contributed by atoms with Crippen LogP contribution in [-0.2, 0) is 0 Å². The molecule has 0 aliphatic heterocycles. The van der Waals surface area contributed by atoms with Gasteiger partial charge in [-0.15, -0.1) is 0 Å². The molecule has 0 aromatic carbocycles. The highest BCUT2D eigenvalue weighted by molar-refractivity contribution is 5.24. The second-order valence-corrected chi connectivity index (χ2v) is 2.87. The minimum atomic E-state index is -4.52. The Hall–Kier alpha value is -0.800. The molecule has 0 spiro atoms. The lowest BCUT2D eigenvalue weighted by atomic mass is 10.1. The summed E-state index contributed by atoms with van der Waals surface area (Å²) in [5.41, 5.74) is -3.02. The highest BCUT2D eigenvalue weighted by Gasteiger charge is 2.33. The Morgan fingerprint density at radius 3 is 1.67 bits per heavy atom. The van der Waals surface area contributed by atoms with E-state index in [1.165, 1.54) is 0 Å². The molecule has 0 radical (unpaired) electrons. The van der Waals surface area contributed by atoms with Gasteiger partial charge in [-0.2, -0.15) is 13.2 Å². The van der Waals surface area contributed by atoms with Crippen LogP contribution in [0.15, 0.2) is 24.3 Å². The van der Waals surface area contributed by atoms with Crippen LogP contribution >= 0.6 is 0 Å². The molecule has 0 aliphatic carbocycles. The Morgan fingerprint density at radius 2 is 1.58 bits per heavy atom. The summed E-state index contributed by atoms with van der Waals surface area (Å²) in [6.07, 6.45) is -3.42. The molecule has 0 unspecified atom stereocenters. The van der Waals surface area contributed by atoms with Crippen molar-refractivity contribution in [2.75, 3.05) is 0 Å². The van der Waals surface area contributed by atoms with E-state index >= 15 is 0 Å². The Morgan fingerprint density at radius 1 is 1.17 bits per heavy atom. The van der Waals surface area contributed by atoms with Gasteiger partial charge in [-0.25, -0.2) is 4.39 Å². The lowest BCUT2D eigenvalue weighted by Crippen LogP contribution is -2.16. The molecule has 0 aromatic rings. The number of rotatable bonds is 2. The van der Waals surface area contributed by atoms with Crippen molar-refractivity contribution in [1.82, 2.24) is 0 Å². The van der Waals surface area contributed by atoms with E-state index in [0.29, 0.717) is 12.2 Å². The van der Waals surface area contributed by atoms with Crippen molar-refractivity contribution < 1.29 is 17.6 Å². The zero-order valence-corrected chi connectivity index (χ0v) is 6.87. The van der Waals surface area contributed by atoms with Crippen LogP contribution in [0.4, 0.5) is 17.6 Å². The lowest BCUT2D eigenvalue weighted by molar-refractivity contribution is -0.0891. The van der Waals surface area contributed by atoms with Gasteiger partial charge in [-0.3, -0.25) is 0 Å². The van der Waals surface area contributed by atoms with Crippen LogP contribution in [0.2, 0.25) is 0 Å². The second-order valence-electron chi connectivity index (χ2n) is 2.87.